The number of unbranched alkanes of at least 4 members (excludes halogenated alkanes) is 3. The molecule has 3 atom stereocenters. The molecule has 2 rings (SSSR count). The van der Waals surface area contributed by atoms with E-state index >= 15 is 0 Å². The Bertz CT molecular complexity index is 624. The standard InChI is InChI=1S/C18H28N2O3S/c1-13-11-14(2)15(12-13)17(22)23-10-6-4-3-5-9-20-16(21)7-8-19-18(20)24/h7-8,13-15H,3-6,9-12H2,1-2H3,(H,19,24). The second kappa shape index (κ2) is 9.16. The molecule has 134 valence electrons. The summed E-state index contributed by atoms with van der Waals surface area (Å²) in [6, 6.07) is 1.49. The lowest BCUT2D eigenvalue weighted by Gasteiger charge is -2.14. The number of esters is 1. The molecule has 1 N–H and O–H groups in total. The van der Waals surface area contributed by atoms with Crippen LogP contribution >= 0.6 is 12.2 Å². The van der Waals surface area contributed by atoms with Gasteiger partial charge in [0.15, 0.2) is 4.77 Å². The van der Waals surface area contributed by atoms with Gasteiger partial charge in [-0.05, 0) is 56.2 Å². The van der Waals surface area contributed by atoms with Gasteiger partial charge in [0.1, 0.15) is 0 Å². The maximum Gasteiger partial charge on any atom is 0.309 e. The number of carbonyl (C=O) groups excluding carboxylic acids is 1. The predicted molar refractivity (Wildman–Crippen MR) is 96.4 cm³/mol. The molecule has 1 heterocycles. The summed E-state index contributed by atoms with van der Waals surface area (Å²) in [5.41, 5.74) is -0.0624. The molecule has 0 radical (unpaired) electrons. The minimum atomic E-state index is -0.0624. The first-order valence-electron chi connectivity index (χ1n) is 8.94. The van der Waals surface area contributed by atoms with Gasteiger partial charge in [-0.3, -0.25) is 14.2 Å². The zero-order chi connectivity index (χ0) is 17.5. The zero-order valence-electron chi connectivity index (χ0n) is 14.6. The first kappa shape index (κ1) is 18.9. The van der Waals surface area contributed by atoms with Crippen molar-refractivity contribution in [3.05, 3.63) is 27.4 Å². The molecule has 1 aliphatic rings. The summed E-state index contributed by atoms with van der Waals surface area (Å²) < 4.78 is 7.48. The third kappa shape index (κ3) is 5.30. The normalized spacial score (nSPS) is 23.3. The van der Waals surface area contributed by atoms with Crippen molar-refractivity contribution in [3.63, 3.8) is 0 Å². The van der Waals surface area contributed by atoms with Crippen molar-refractivity contribution < 1.29 is 9.53 Å². The van der Waals surface area contributed by atoms with Crippen molar-refractivity contribution in [1.29, 1.82) is 0 Å². The molecule has 0 saturated heterocycles. The van der Waals surface area contributed by atoms with Crippen LogP contribution in [0.15, 0.2) is 17.1 Å². The van der Waals surface area contributed by atoms with Crippen LogP contribution in [0.5, 0.6) is 0 Å². The molecule has 1 aromatic heterocycles. The number of nitrogens with one attached hydrogen (secondary N) is 1. The second-order valence-electron chi connectivity index (χ2n) is 7.01. The number of H-pyrrole nitrogens is 1. The number of nitrogens with zero attached hydrogens (tertiary/aromatic N) is 1. The van der Waals surface area contributed by atoms with Gasteiger partial charge in [-0.1, -0.05) is 20.3 Å². The SMILES string of the molecule is CC1CC(C)C(C(=O)OCCCCCCn2c(=O)cc[nH]c2=S)C1. The van der Waals surface area contributed by atoms with Crippen molar-refractivity contribution in [3.8, 4) is 0 Å². The van der Waals surface area contributed by atoms with Gasteiger partial charge < -0.3 is 9.72 Å². The van der Waals surface area contributed by atoms with Crippen molar-refractivity contribution in [1.82, 2.24) is 9.55 Å². The van der Waals surface area contributed by atoms with Gasteiger partial charge in [0.05, 0.1) is 12.5 Å². The van der Waals surface area contributed by atoms with Crippen LogP contribution < -0.4 is 5.56 Å². The van der Waals surface area contributed by atoms with E-state index in [1.54, 1.807) is 10.8 Å². The minimum Gasteiger partial charge on any atom is -0.465 e. The number of ether oxygens (including phenoxy) is 1. The lowest BCUT2D eigenvalue weighted by molar-refractivity contribution is -0.149. The third-order valence-electron chi connectivity index (χ3n) is 4.88. The summed E-state index contributed by atoms with van der Waals surface area (Å²) in [5.74, 6) is 1.15. The van der Waals surface area contributed by atoms with Crippen LogP contribution in [-0.2, 0) is 16.1 Å². The smallest absolute Gasteiger partial charge is 0.309 e. The lowest BCUT2D eigenvalue weighted by Crippen LogP contribution is -2.21. The fraction of sp³-hybridized carbons (Fsp3) is 0.722. The molecular weight excluding hydrogens is 324 g/mol. The third-order valence-corrected chi connectivity index (χ3v) is 5.22. The summed E-state index contributed by atoms with van der Waals surface area (Å²) in [6.45, 7) is 5.48. The van der Waals surface area contributed by atoms with Crippen LogP contribution in [0.1, 0.15) is 52.4 Å². The molecule has 0 spiro atoms. The predicted octanol–water partition coefficient (Wildman–Crippen LogP) is 3.69. The average molecular weight is 352 g/mol. The Morgan fingerprint density at radius 3 is 2.71 bits per heavy atom. The van der Waals surface area contributed by atoms with E-state index in [9.17, 15) is 9.59 Å². The van der Waals surface area contributed by atoms with Gasteiger partial charge in [0, 0.05) is 18.8 Å². The van der Waals surface area contributed by atoms with Gasteiger partial charge in [0.2, 0.25) is 0 Å². The number of hydrogen-bond acceptors (Lipinski definition) is 4. The van der Waals surface area contributed by atoms with Gasteiger partial charge in [-0.25, -0.2) is 0 Å². The summed E-state index contributed by atoms with van der Waals surface area (Å²) in [6.07, 6.45) is 7.41. The Hall–Kier alpha value is -1.43. The summed E-state index contributed by atoms with van der Waals surface area (Å²) >= 11 is 5.11. The molecule has 1 fully saturated rings. The van der Waals surface area contributed by atoms with E-state index in [0.29, 0.717) is 29.8 Å². The second-order valence-corrected chi connectivity index (χ2v) is 7.40. The highest BCUT2D eigenvalue weighted by molar-refractivity contribution is 7.71. The van der Waals surface area contributed by atoms with E-state index in [0.717, 1.165) is 38.5 Å². The van der Waals surface area contributed by atoms with Crippen molar-refractivity contribution in [2.75, 3.05) is 6.61 Å². The molecule has 0 aromatic carbocycles. The van der Waals surface area contributed by atoms with Crippen LogP contribution in [-0.4, -0.2) is 22.1 Å². The summed E-state index contributed by atoms with van der Waals surface area (Å²) in [4.78, 5) is 26.6. The number of hydrogen-bond donors (Lipinski definition) is 1. The lowest BCUT2D eigenvalue weighted by atomic mass is 9.99. The Balaban J connectivity index is 1.58. The minimum absolute atomic E-state index is 0.0195. The quantitative estimate of drug-likeness (QED) is 0.440. The van der Waals surface area contributed by atoms with Gasteiger partial charge in [-0.2, -0.15) is 0 Å². The molecule has 0 bridgehead atoms. The van der Waals surface area contributed by atoms with E-state index in [1.165, 1.54) is 6.07 Å². The highest BCUT2D eigenvalue weighted by Gasteiger charge is 2.34. The van der Waals surface area contributed by atoms with E-state index in [1.807, 2.05) is 0 Å². The number of aromatic amines is 1. The average Bonchev–Trinajstić information content (AvgIpc) is 2.87. The van der Waals surface area contributed by atoms with Crippen LogP contribution in [0, 0.1) is 22.5 Å². The van der Waals surface area contributed by atoms with E-state index in [-0.39, 0.29) is 17.4 Å². The molecule has 5 nitrogen and oxygen atoms in total. The summed E-state index contributed by atoms with van der Waals surface area (Å²) in [7, 11) is 0. The topological polar surface area (TPSA) is 64.1 Å². The Morgan fingerprint density at radius 1 is 1.29 bits per heavy atom. The number of aromatic nitrogens is 2. The highest BCUT2D eigenvalue weighted by Crippen LogP contribution is 2.36. The highest BCUT2D eigenvalue weighted by atomic mass is 32.1. The number of rotatable bonds is 8. The van der Waals surface area contributed by atoms with Crippen molar-refractivity contribution in [2.24, 2.45) is 17.8 Å². The Kier molecular flexibility index (Phi) is 7.21. The summed E-state index contributed by atoms with van der Waals surface area (Å²) in [5, 5.41) is 0. The van der Waals surface area contributed by atoms with E-state index < -0.39 is 0 Å². The first-order chi connectivity index (χ1) is 11.5. The molecule has 3 unspecified atom stereocenters. The molecule has 6 heteroatoms. The molecule has 1 saturated carbocycles. The van der Waals surface area contributed by atoms with Gasteiger partial charge >= 0.3 is 5.97 Å². The van der Waals surface area contributed by atoms with Crippen LogP contribution in [0.4, 0.5) is 0 Å². The monoisotopic (exact) mass is 352 g/mol. The molecule has 1 aromatic rings. The first-order valence-corrected chi connectivity index (χ1v) is 9.35. The van der Waals surface area contributed by atoms with Gasteiger partial charge in [-0.15, -0.1) is 0 Å². The van der Waals surface area contributed by atoms with Crippen LogP contribution in [0.3, 0.4) is 0 Å². The Morgan fingerprint density at radius 2 is 2.04 bits per heavy atom. The maximum atomic E-state index is 12.1. The van der Waals surface area contributed by atoms with E-state index in [2.05, 4.69) is 18.8 Å². The van der Waals surface area contributed by atoms with Crippen molar-refractivity contribution in [2.45, 2.75) is 58.9 Å². The molecule has 24 heavy (non-hydrogen) atoms. The molecule has 0 amide bonds. The molecule has 1 aliphatic carbocycles. The number of carbonyl (C=O) groups is 1. The van der Waals surface area contributed by atoms with Crippen molar-refractivity contribution >= 4 is 18.2 Å². The molecule has 0 aliphatic heterocycles. The maximum absolute atomic E-state index is 12.1. The van der Waals surface area contributed by atoms with Crippen LogP contribution in [0.25, 0.3) is 0 Å². The van der Waals surface area contributed by atoms with Crippen LogP contribution in [0.2, 0.25) is 0 Å². The molecular formula is C18H28N2O3S. The largest absolute Gasteiger partial charge is 0.465 e. The fourth-order valence-corrected chi connectivity index (χ4v) is 3.81. The fourth-order valence-electron chi connectivity index (χ4n) is 3.56. The Labute approximate surface area is 148 Å². The van der Waals surface area contributed by atoms with E-state index in [4.69, 9.17) is 17.0 Å². The van der Waals surface area contributed by atoms with Gasteiger partial charge in [0.25, 0.3) is 5.56 Å². The zero-order valence-corrected chi connectivity index (χ0v) is 15.4.